The number of anilines is 1. The quantitative estimate of drug-likeness (QED) is 0.241. The SMILES string of the molecule is C=Cc1c(CN)cccc1CN1CCCNCCCN(Cc2cc(C)cc(NCCCCC(C)CC)c2)CCC1. The molecule has 5 heteroatoms. The van der Waals surface area contributed by atoms with Crippen LogP contribution in [0.15, 0.2) is 43.0 Å². The molecule has 3 rings (SSSR count). The molecule has 1 fully saturated rings. The summed E-state index contributed by atoms with van der Waals surface area (Å²) in [5, 5.41) is 7.39. The molecule has 1 heterocycles. The lowest BCUT2D eigenvalue weighted by molar-refractivity contribution is 0.208. The Morgan fingerprint density at radius 2 is 1.68 bits per heavy atom. The van der Waals surface area contributed by atoms with E-state index < -0.39 is 0 Å². The van der Waals surface area contributed by atoms with Crippen LogP contribution in [-0.2, 0) is 19.6 Å². The maximum atomic E-state index is 6.01. The van der Waals surface area contributed by atoms with Crippen LogP contribution in [0.1, 0.15) is 86.6 Å². The summed E-state index contributed by atoms with van der Waals surface area (Å²) in [6.07, 6.45) is 10.7. The Bertz CT molecular complexity index is 1000. The van der Waals surface area contributed by atoms with E-state index in [-0.39, 0.29) is 0 Å². The Hall–Kier alpha value is -2.18. The standard InChI is InChI=1S/C35H57N5/c1-5-29(3)13-7-8-18-38-34-24-30(4)23-31(25-34)27-39-19-10-16-37-17-11-20-40(22-12-21-39)28-33-15-9-14-32(26-36)35(33)6-2/h6,9,14-15,23-25,29,37-38H,2,5,7-8,10-13,16-22,26-28,36H2,1,3-4H3. The zero-order valence-corrected chi connectivity index (χ0v) is 25.8. The van der Waals surface area contributed by atoms with Crippen LogP contribution >= 0.6 is 0 Å². The summed E-state index contributed by atoms with van der Waals surface area (Å²) < 4.78 is 0. The van der Waals surface area contributed by atoms with Gasteiger partial charge in [-0.25, -0.2) is 0 Å². The number of aryl methyl sites for hydroxylation is 1. The number of rotatable bonds is 13. The molecule has 0 amide bonds. The molecule has 0 radical (unpaired) electrons. The molecule has 1 saturated heterocycles. The molecule has 0 saturated carbocycles. The molecule has 4 N–H and O–H groups in total. The largest absolute Gasteiger partial charge is 0.385 e. The van der Waals surface area contributed by atoms with Crippen molar-refractivity contribution in [3.8, 4) is 0 Å². The number of hydrogen-bond donors (Lipinski definition) is 3. The average Bonchev–Trinajstić information content (AvgIpc) is 2.94. The fraction of sp³-hybridized carbons (Fsp3) is 0.600. The highest BCUT2D eigenvalue weighted by Crippen LogP contribution is 2.20. The summed E-state index contributed by atoms with van der Waals surface area (Å²) in [7, 11) is 0. The molecule has 0 aromatic heterocycles. The molecule has 2 aromatic rings. The summed E-state index contributed by atoms with van der Waals surface area (Å²) in [6.45, 7) is 21.2. The van der Waals surface area contributed by atoms with Gasteiger partial charge >= 0.3 is 0 Å². The minimum Gasteiger partial charge on any atom is -0.385 e. The first-order valence-corrected chi connectivity index (χ1v) is 16.0. The van der Waals surface area contributed by atoms with Gasteiger partial charge in [0.05, 0.1) is 0 Å². The van der Waals surface area contributed by atoms with Gasteiger partial charge in [-0.05, 0) is 118 Å². The van der Waals surface area contributed by atoms with E-state index in [2.05, 4.69) is 84.2 Å². The third-order valence-electron chi connectivity index (χ3n) is 8.40. The summed E-state index contributed by atoms with van der Waals surface area (Å²) in [6, 6.07) is 13.6. The Kier molecular flexibility index (Phi) is 14.8. The topological polar surface area (TPSA) is 56.6 Å². The van der Waals surface area contributed by atoms with E-state index in [9.17, 15) is 0 Å². The van der Waals surface area contributed by atoms with Crippen LogP contribution in [0.5, 0.6) is 0 Å². The van der Waals surface area contributed by atoms with Crippen LogP contribution in [-0.4, -0.2) is 55.6 Å². The Balaban J connectivity index is 1.58. The van der Waals surface area contributed by atoms with Gasteiger partial charge in [0.1, 0.15) is 0 Å². The van der Waals surface area contributed by atoms with E-state index in [0.29, 0.717) is 6.54 Å². The van der Waals surface area contributed by atoms with Crippen molar-refractivity contribution in [1.82, 2.24) is 15.1 Å². The van der Waals surface area contributed by atoms with Crippen LogP contribution in [0.4, 0.5) is 5.69 Å². The van der Waals surface area contributed by atoms with Crippen molar-refractivity contribution in [3.63, 3.8) is 0 Å². The fourth-order valence-corrected chi connectivity index (χ4v) is 5.89. The van der Waals surface area contributed by atoms with E-state index in [1.807, 2.05) is 6.08 Å². The number of nitrogens with two attached hydrogens (primary N) is 1. The maximum absolute atomic E-state index is 6.01. The summed E-state index contributed by atoms with van der Waals surface area (Å²) in [4.78, 5) is 5.29. The molecule has 1 aliphatic heterocycles. The predicted octanol–water partition coefficient (Wildman–Crippen LogP) is 6.80. The number of nitrogens with one attached hydrogen (secondary N) is 2. The molecule has 1 atom stereocenters. The van der Waals surface area contributed by atoms with E-state index >= 15 is 0 Å². The number of benzene rings is 2. The lowest BCUT2D eigenvalue weighted by Gasteiger charge is -2.28. The van der Waals surface area contributed by atoms with Gasteiger partial charge in [-0.2, -0.15) is 0 Å². The molecule has 0 spiro atoms. The predicted molar refractivity (Wildman–Crippen MR) is 175 cm³/mol. The Morgan fingerprint density at radius 1 is 0.975 bits per heavy atom. The Labute approximate surface area is 245 Å². The molecule has 0 aliphatic carbocycles. The summed E-state index contributed by atoms with van der Waals surface area (Å²) in [5.41, 5.74) is 13.8. The molecule has 2 aromatic carbocycles. The smallest absolute Gasteiger partial charge is 0.0346 e. The second kappa shape index (κ2) is 18.3. The van der Waals surface area contributed by atoms with Crippen LogP contribution in [0, 0.1) is 12.8 Å². The lowest BCUT2D eigenvalue weighted by Crippen LogP contribution is -2.34. The van der Waals surface area contributed by atoms with Gasteiger partial charge in [-0.1, -0.05) is 70.0 Å². The molecule has 1 aliphatic rings. The minimum absolute atomic E-state index is 0.558. The second-order valence-electron chi connectivity index (χ2n) is 11.9. The van der Waals surface area contributed by atoms with E-state index in [0.717, 1.165) is 64.8 Å². The van der Waals surface area contributed by atoms with Gasteiger partial charge in [0, 0.05) is 31.9 Å². The minimum atomic E-state index is 0.558. The van der Waals surface area contributed by atoms with Crippen LogP contribution in [0.3, 0.4) is 0 Å². The average molecular weight is 548 g/mol. The summed E-state index contributed by atoms with van der Waals surface area (Å²) >= 11 is 0. The molecular weight excluding hydrogens is 490 g/mol. The van der Waals surface area contributed by atoms with Gasteiger partial charge in [0.25, 0.3) is 0 Å². The zero-order chi connectivity index (χ0) is 28.6. The van der Waals surface area contributed by atoms with E-state index in [4.69, 9.17) is 5.73 Å². The van der Waals surface area contributed by atoms with Crippen molar-refractivity contribution in [2.24, 2.45) is 11.7 Å². The van der Waals surface area contributed by atoms with E-state index in [1.54, 1.807) is 0 Å². The third kappa shape index (κ3) is 11.4. The highest BCUT2D eigenvalue weighted by molar-refractivity contribution is 5.56. The summed E-state index contributed by atoms with van der Waals surface area (Å²) in [5.74, 6) is 0.847. The third-order valence-corrected chi connectivity index (χ3v) is 8.40. The molecule has 0 bridgehead atoms. The van der Waals surface area contributed by atoms with Crippen LogP contribution in [0.2, 0.25) is 0 Å². The normalized spacial score (nSPS) is 17.1. The Morgan fingerprint density at radius 3 is 2.38 bits per heavy atom. The van der Waals surface area contributed by atoms with Gasteiger partial charge in [-0.15, -0.1) is 0 Å². The maximum Gasteiger partial charge on any atom is 0.0346 e. The first kappa shape index (κ1) is 32.3. The molecule has 40 heavy (non-hydrogen) atoms. The first-order chi connectivity index (χ1) is 19.5. The van der Waals surface area contributed by atoms with Gasteiger partial charge < -0.3 is 16.4 Å². The van der Waals surface area contributed by atoms with Crippen molar-refractivity contribution < 1.29 is 0 Å². The first-order valence-electron chi connectivity index (χ1n) is 16.0. The van der Waals surface area contributed by atoms with Crippen molar-refractivity contribution in [3.05, 3.63) is 70.8 Å². The van der Waals surface area contributed by atoms with Gasteiger partial charge in [0.15, 0.2) is 0 Å². The molecule has 5 nitrogen and oxygen atoms in total. The van der Waals surface area contributed by atoms with Crippen LogP contribution < -0.4 is 16.4 Å². The van der Waals surface area contributed by atoms with Crippen molar-refractivity contribution in [2.45, 2.75) is 85.4 Å². The molecule has 1 unspecified atom stereocenters. The molecule has 222 valence electrons. The van der Waals surface area contributed by atoms with Crippen molar-refractivity contribution in [2.75, 3.05) is 51.1 Å². The van der Waals surface area contributed by atoms with Crippen LogP contribution in [0.25, 0.3) is 6.08 Å². The van der Waals surface area contributed by atoms with Crippen molar-refractivity contribution >= 4 is 11.8 Å². The highest BCUT2D eigenvalue weighted by atomic mass is 15.1. The highest BCUT2D eigenvalue weighted by Gasteiger charge is 2.13. The molecular formula is C35H57N5. The monoisotopic (exact) mass is 547 g/mol. The fourth-order valence-electron chi connectivity index (χ4n) is 5.89. The van der Waals surface area contributed by atoms with Gasteiger partial charge in [0.2, 0.25) is 0 Å². The van der Waals surface area contributed by atoms with Gasteiger partial charge in [-0.3, -0.25) is 9.80 Å². The van der Waals surface area contributed by atoms with E-state index in [1.165, 1.54) is 78.5 Å². The van der Waals surface area contributed by atoms with Crippen molar-refractivity contribution in [1.29, 1.82) is 0 Å². The number of nitrogens with zero attached hydrogens (tertiary/aromatic N) is 2. The number of unbranched alkanes of at least 4 members (excludes halogenated alkanes) is 1. The number of hydrogen-bond acceptors (Lipinski definition) is 5. The second-order valence-corrected chi connectivity index (χ2v) is 11.9. The zero-order valence-electron chi connectivity index (χ0n) is 25.8. The lowest BCUT2D eigenvalue weighted by atomic mass is 10.0.